The van der Waals surface area contributed by atoms with Gasteiger partial charge in [-0.1, -0.05) is 43.7 Å². The molecule has 43 heavy (non-hydrogen) atoms. The third-order valence-electron chi connectivity index (χ3n) is 6.58. The maximum atomic E-state index is 13.6. The van der Waals surface area contributed by atoms with E-state index in [1.165, 1.54) is 30.5 Å². The SMILES string of the molecule is Cc1ccc(S(=O)(=O)N(CC(=O)N/N=C/c2ccc(OCc3ccc([N+](=O)[O-])cc3)cc2)c2ccc(C(C)C)cc2)cc1. The van der Waals surface area contributed by atoms with Crippen LogP contribution in [0.1, 0.15) is 42.0 Å². The minimum Gasteiger partial charge on any atom is -0.489 e. The van der Waals surface area contributed by atoms with Crippen LogP contribution in [0.25, 0.3) is 0 Å². The van der Waals surface area contributed by atoms with Crippen LogP contribution in [0.3, 0.4) is 0 Å². The molecule has 4 aromatic rings. The second-order valence-electron chi connectivity index (χ2n) is 10.1. The topological polar surface area (TPSA) is 131 Å². The molecule has 0 radical (unpaired) electrons. The number of aryl methyl sites for hydroxylation is 1. The normalized spacial score (nSPS) is 11.4. The average molecular weight is 601 g/mol. The number of amides is 1. The highest BCUT2D eigenvalue weighted by Gasteiger charge is 2.27. The van der Waals surface area contributed by atoms with Gasteiger partial charge in [0, 0.05) is 12.1 Å². The first-order chi connectivity index (χ1) is 20.5. The van der Waals surface area contributed by atoms with Crippen molar-refractivity contribution in [1.29, 1.82) is 0 Å². The molecule has 0 unspecified atom stereocenters. The number of benzene rings is 4. The van der Waals surface area contributed by atoms with Crippen molar-refractivity contribution in [1.82, 2.24) is 5.43 Å². The van der Waals surface area contributed by atoms with E-state index in [2.05, 4.69) is 10.5 Å². The summed E-state index contributed by atoms with van der Waals surface area (Å²) in [6.07, 6.45) is 1.44. The first kappa shape index (κ1) is 30.9. The second kappa shape index (κ2) is 13.8. The van der Waals surface area contributed by atoms with Gasteiger partial charge in [-0.25, -0.2) is 13.8 Å². The highest BCUT2D eigenvalue weighted by Crippen LogP contribution is 2.26. The van der Waals surface area contributed by atoms with Gasteiger partial charge in [0.25, 0.3) is 21.6 Å². The number of non-ortho nitro benzene ring substituents is 1. The van der Waals surface area contributed by atoms with Crippen LogP contribution < -0.4 is 14.5 Å². The Hall–Kier alpha value is -5.03. The Kier molecular flexibility index (Phi) is 9.89. The highest BCUT2D eigenvalue weighted by atomic mass is 32.2. The number of carbonyl (C=O) groups excluding carboxylic acids is 1. The lowest BCUT2D eigenvalue weighted by Gasteiger charge is -2.24. The third-order valence-corrected chi connectivity index (χ3v) is 8.37. The van der Waals surface area contributed by atoms with Crippen LogP contribution in [0.4, 0.5) is 11.4 Å². The Morgan fingerprint density at radius 1 is 0.953 bits per heavy atom. The molecule has 222 valence electrons. The summed E-state index contributed by atoms with van der Waals surface area (Å²) in [6.45, 7) is 5.73. The molecule has 0 bridgehead atoms. The maximum Gasteiger partial charge on any atom is 0.269 e. The number of nitro benzene ring substituents is 1. The number of hydrogen-bond acceptors (Lipinski definition) is 7. The molecule has 4 rings (SSSR count). The molecule has 1 amide bonds. The summed E-state index contributed by atoms with van der Waals surface area (Å²) in [4.78, 5) is 23.3. The smallest absolute Gasteiger partial charge is 0.269 e. The van der Waals surface area contributed by atoms with Crippen molar-refractivity contribution in [2.75, 3.05) is 10.8 Å². The Labute approximate surface area is 250 Å². The number of rotatable bonds is 12. The molecular formula is C32H32N4O6S. The van der Waals surface area contributed by atoms with E-state index >= 15 is 0 Å². The number of anilines is 1. The largest absolute Gasteiger partial charge is 0.489 e. The number of ether oxygens (including phenoxy) is 1. The lowest BCUT2D eigenvalue weighted by molar-refractivity contribution is -0.384. The molecule has 0 saturated heterocycles. The van der Waals surface area contributed by atoms with Crippen LogP contribution in [0.2, 0.25) is 0 Å². The molecule has 0 saturated carbocycles. The third kappa shape index (κ3) is 8.26. The van der Waals surface area contributed by atoms with Gasteiger partial charge in [-0.2, -0.15) is 5.10 Å². The molecule has 11 heteroatoms. The van der Waals surface area contributed by atoms with Crippen molar-refractivity contribution in [3.8, 4) is 5.75 Å². The van der Waals surface area contributed by atoms with Crippen molar-refractivity contribution >= 4 is 33.5 Å². The fraction of sp³-hybridized carbons (Fsp3) is 0.188. The molecular weight excluding hydrogens is 568 g/mol. The molecule has 0 aliphatic heterocycles. The van der Waals surface area contributed by atoms with Crippen molar-refractivity contribution in [3.63, 3.8) is 0 Å². The van der Waals surface area contributed by atoms with Gasteiger partial charge in [0.15, 0.2) is 0 Å². The van der Waals surface area contributed by atoms with E-state index in [0.29, 0.717) is 17.0 Å². The fourth-order valence-corrected chi connectivity index (χ4v) is 5.47. The van der Waals surface area contributed by atoms with Crippen LogP contribution in [0, 0.1) is 17.0 Å². The van der Waals surface area contributed by atoms with E-state index in [-0.39, 0.29) is 23.1 Å². The van der Waals surface area contributed by atoms with Crippen LogP contribution >= 0.6 is 0 Å². The summed E-state index contributed by atoms with van der Waals surface area (Å²) in [5.41, 5.74) is 6.23. The van der Waals surface area contributed by atoms with Crippen LogP contribution in [-0.2, 0) is 21.4 Å². The van der Waals surface area contributed by atoms with Crippen molar-refractivity contribution < 1.29 is 22.9 Å². The summed E-state index contributed by atoms with van der Waals surface area (Å²) < 4.78 is 34.0. The molecule has 0 atom stereocenters. The monoisotopic (exact) mass is 600 g/mol. The van der Waals surface area contributed by atoms with Gasteiger partial charge in [0.05, 0.1) is 21.7 Å². The van der Waals surface area contributed by atoms with E-state index in [4.69, 9.17) is 4.74 Å². The van der Waals surface area contributed by atoms with Gasteiger partial charge in [-0.15, -0.1) is 0 Å². The predicted molar refractivity (Wildman–Crippen MR) is 166 cm³/mol. The average Bonchev–Trinajstić information content (AvgIpc) is 3.00. The van der Waals surface area contributed by atoms with E-state index in [1.807, 2.05) is 32.9 Å². The van der Waals surface area contributed by atoms with Gasteiger partial charge < -0.3 is 4.74 Å². The number of nitrogens with one attached hydrogen (secondary N) is 1. The highest BCUT2D eigenvalue weighted by molar-refractivity contribution is 7.92. The lowest BCUT2D eigenvalue weighted by Crippen LogP contribution is -2.39. The molecule has 0 fully saturated rings. The summed E-state index contributed by atoms with van der Waals surface area (Å²) in [5.74, 6) is 0.243. The van der Waals surface area contributed by atoms with Crippen LogP contribution in [0.5, 0.6) is 5.75 Å². The van der Waals surface area contributed by atoms with Gasteiger partial charge in [-0.05, 0) is 90.2 Å². The zero-order valence-corrected chi connectivity index (χ0v) is 24.8. The Balaban J connectivity index is 1.40. The van der Waals surface area contributed by atoms with E-state index in [9.17, 15) is 23.3 Å². The predicted octanol–water partition coefficient (Wildman–Crippen LogP) is 5.95. The van der Waals surface area contributed by atoms with Gasteiger partial charge in [-0.3, -0.25) is 19.2 Å². The molecule has 0 spiro atoms. The quantitative estimate of drug-likeness (QED) is 0.121. The van der Waals surface area contributed by atoms with Crippen molar-refractivity contribution in [3.05, 3.63) is 129 Å². The Morgan fingerprint density at radius 3 is 2.16 bits per heavy atom. The summed E-state index contributed by atoms with van der Waals surface area (Å²) in [6, 6.07) is 26.6. The Morgan fingerprint density at radius 2 is 1.58 bits per heavy atom. The molecule has 1 N–H and O–H groups in total. The summed E-state index contributed by atoms with van der Waals surface area (Å²) in [5, 5.41) is 14.8. The fourth-order valence-electron chi connectivity index (χ4n) is 4.05. The van der Waals surface area contributed by atoms with Gasteiger partial charge in [0.2, 0.25) is 0 Å². The molecule has 0 aliphatic rings. The van der Waals surface area contributed by atoms with Gasteiger partial charge in [0.1, 0.15) is 18.9 Å². The molecule has 0 aliphatic carbocycles. The van der Waals surface area contributed by atoms with Crippen LogP contribution in [-0.4, -0.2) is 32.0 Å². The first-order valence-electron chi connectivity index (χ1n) is 13.5. The lowest BCUT2D eigenvalue weighted by atomic mass is 10.0. The van der Waals surface area contributed by atoms with Crippen molar-refractivity contribution in [2.45, 2.75) is 38.2 Å². The number of nitro groups is 1. The first-order valence-corrected chi connectivity index (χ1v) is 14.9. The number of hydrogen-bond donors (Lipinski definition) is 1. The molecule has 4 aromatic carbocycles. The van der Waals surface area contributed by atoms with E-state index in [1.54, 1.807) is 60.7 Å². The van der Waals surface area contributed by atoms with E-state index in [0.717, 1.165) is 21.0 Å². The Bertz CT molecular complexity index is 1690. The molecule has 10 nitrogen and oxygen atoms in total. The summed E-state index contributed by atoms with van der Waals surface area (Å²) >= 11 is 0. The second-order valence-corrected chi connectivity index (χ2v) is 12.0. The number of nitrogens with zero attached hydrogens (tertiary/aromatic N) is 3. The zero-order chi connectivity index (χ0) is 31.0. The minimum absolute atomic E-state index is 0.0142. The number of carbonyl (C=O) groups is 1. The number of sulfonamides is 1. The molecule has 0 heterocycles. The standard InChI is InChI=1S/C32H32N4O6S/c1-23(2)27-10-14-28(15-11-27)35(43(40,41)31-18-4-24(3)5-19-31)21-32(37)34-33-20-25-8-16-30(17-9-25)42-22-26-6-12-29(13-7-26)36(38)39/h4-20,23H,21-22H2,1-3H3,(H,34,37)/b33-20+. The maximum absolute atomic E-state index is 13.6. The summed E-state index contributed by atoms with van der Waals surface area (Å²) in [7, 11) is -4.04. The zero-order valence-electron chi connectivity index (χ0n) is 24.0. The van der Waals surface area contributed by atoms with Crippen LogP contribution in [0.15, 0.2) is 107 Å². The van der Waals surface area contributed by atoms with Gasteiger partial charge >= 0.3 is 0 Å². The minimum atomic E-state index is -4.04. The molecule has 0 aromatic heterocycles. The number of hydrazone groups is 1. The van der Waals surface area contributed by atoms with E-state index < -0.39 is 27.4 Å². The van der Waals surface area contributed by atoms with Crippen molar-refractivity contribution in [2.24, 2.45) is 5.10 Å².